The van der Waals surface area contributed by atoms with Crippen molar-refractivity contribution in [2.75, 3.05) is 5.75 Å². The van der Waals surface area contributed by atoms with Gasteiger partial charge in [-0.2, -0.15) is 5.10 Å². The lowest BCUT2D eigenvalue weighted by atomic mass is 10.2. The first kappa shape index (κ1) is 21.0. The van der Waals surface area contributed by atoms with E-state index >= 15 is 0 Å². The molecule has 7 heteroatoms. The number of aromatic nitrogens is 2. The monoisotopic (exact) mass is 415 g/mol. The predicted molar refractivity (Wildman–Crippen MR) is 111 cm³/mol. The van der Waals surface area contributed by atoms with Gasteiger partial charge in [-0.3, -0.25) is 9.48 Å². The maximum absolute atomic E-state index is 13.2. The van der Waals surface area contributed by atoms with Crippen molar-refractivity contribution < 1.29 is 13.6 Å². The second-order valence-corrected chi connectivity index (χ2v) is 7.91. The van der Waals surface area contributed by atoms with Crippen LogP contribution in [0.3, 0.4) is 0 Å². The van der Waals surface area contributed by atoms with Gasteiger partial charge in [0.1, 0.15) is 0 Å². The van der Waals surface area contributed by atoms with Gasteiger partial charge < -0.3 is 5.32 Å². The van der Waals surface area contributed by atoms with Crippen molar-refractivity contribution in [2.24, 2.45) is 0 Å². The van der Waals surface area contributed by atoms with Crippen LogP contribution in [0.4, 0.5) is 8.78 Å². The van der Waals surface area contributed by atoms with Gasteiger partial charge in [0.15, 0.2) is 11.6 Å². The molecule has 0 aliphatic heterocycles. The fourth-order valence-electron chi connectivity index (χ4n) is 3.00. The van der Waals surface area contributed by atoms with E-state index in [1.54, 1.807) is 0 Å². The van der Waals surface area contributed by atoms with Crippen molar-refractivity contribution in [3.63, 3.8) is 0 Å². The highest BCUT2D eigenvalue weighted by Crippen LogP contribution is 2.21. The first-order chi connectivity index (χ1) is 13.9. The third-order valence-electron chi connectivity index (χ3n) is 4.66. The fraction of sp³-hybridized carbons (Fsp3) is 0.273. The smallest absolute Gasteiger partial charge is 0.221 e. The van der Waals surface area contributed by atoms with Crippen molar-refractivity contribution in [2.45, 2.75) is 38.3 Å². The van der Waals surface area contributed by atoms with Crippen molar-refractivity contribution in [3.8, 4) is 0 Å². The molecule has 1 heterocycles. The van der Waals surface area contributed by atoms with Crippen LogP contribution in [0.2, 0.25) is 0 Å². The van der Waals surface area contributed by atoms with Crippen LogP contribution >= 0.6 is 11.8 Å². The van der Waals surface area contributed by atoms with Gasteiger partial charge in [-0.15, -0.1) is 11.8 Å². The Morgan fingerprint density at radius 3 is 2.59 bits per heavy atom. The summed E-state index contributed by atoms with van der Waals surface area (Å²) in [5.74, 6) is -1.35. The molecule has 29 heavy (non-hydrogen) atoms. The number of thioether (sulfide) groups is 1. The first-order valence-corrected chi connectivity index (χ1v) is 10.3. The average Bonchev–Trinajstić information content (AvgIpc) is 2.96. The van der Waals surface area contributed by atoms with Crippen molar-refractivity contribution in [3.05, 3.63) is 82.7 Å². The Balaban J connectivity index is 1.50. The number of hydrogen-bond acceptors (Lipinski definition) is 3. The predicted octanol–water partition coefficient (Wildman–Crippen LogP) is 4.63. The number of nitrogens with zero attached hydrogens (tertiary/aromatic N) is 2. The number of aryl methyl sites for hydroxylation is 1. The maximum atomic E-state index is 13.2. The molecule has 3 rings (SSSR count). The Hall–Kier alpha value is -2.67. The van der Waals surface area contributed by atoms with Crippen LogP contribution in [0.25, 0.3) is 0 Å². The molecule has 0 unspecified atom stereocenters. The minimum absolute atomic E-state index is 0.0882. The number of amides is 1. The van der Waals surface area contributed by atoms with Gasteiger partial charge >= 0.3 is 0 Å². The number of halogens is 2. The number of carbonyl (C=O) groups excluding carboxylic acids is 1. The molecule has 0 bridgehead atoms. The molecule has 0 saturated heterocycles. The number of nitrogens with one attached hydrogen (secondary N) is 1. The molecule has 0 saturated carbocycles. The largest absolute Gasteiger partial charge is 0.352 e. The minimum Gasteiger partial charge on any atom is -0.352 e. The summed E-state index contributed by atoms with van der Waals surface area (Å²) >= 11 is 1.32. The molecule has 1 amide bonds. The highest BCUT2D eigenvalue weighted by atomic mass is 32.2. The molecule has 0 atom stereocenters. The molecule has 152 valence electrons. The number of hydrogen-bond donors (Lipinski definition) is 1. The van der Waals surface area contributed by atoms with Crippen LogP contribution in [0.1, 0.15) is 28.9 Å². The van der Waals surface area contributed by atoms with Crippen LogP contribution in [-0.2, 0) is 17.9 Å². The summed E-state index contributed by atoms with van der Waals surface area (Å²) in [6, 6.07) is 13.8. The fourth-order valence-corrected chi connectivity index (χ4v) is 3.88. The van der Waals surface area contributed by atoms with E-state index in [2.05, 4.69) is 22.5 Å². The normalized spacial score (nSPS) is 10.9. The maximum Gasteiger partial charge on any atom is 0.221 e. The molecule has 1 N–H and O–H groups in total. The van der Waals surface area contributed by atoms with Crippen LogP contribution in [0, 0.1) is 25.5 Å². The number of rotatable bonds is 8. The SMILES string of the molecule is Cc1nn(Cc2ccccc2)c(C)c1CNC(=O)CCSc1ccc(F)c(F)c1. The van der Waals surface area contributed by atoms with E-state index in [1.165, 1.54) is 23.4 Å². The Kier molecular flexibility index (Phi) is 7.04. The Labute approximate surface area is 173 Å². The van der Waals surface area contributed by atoms with Gasteiger partial charge in [0.05, 0.1) is 12.2 Å². The van der Waals surface area contributed by atoms with E-state index in [9.17, 15) is 13.6 Å². The Bertz CT molecular complexity index is 989. The van der Waals surface area contributed by atoms with E-state index in [1.807, 2.05) is 36.7 Å². The lowest BCUT2D eigenvalue weighted by molar-refractivity contribution is -0.120. The van der Waals surface area contributed by atoms with Crippen LogP contribution in [0.5, 0.6) is 0 Å². The number of carbonyl (C=O) groups is 1. The molecular formula is C22H23F2N3OS. The standard InChI is InChI=1S/C22H23F2N3OS/c1-15-19(16(2)27(26-15)14-17-6-4-3-5-7-17)13-25-22(28)10-11-29-18-8-9-20(23)21(24)12-18/h3-9,12H,10-11,13-14H2,1-2H3,(H,25,28). The second-order valence-electron chi connectivity index (χ2n) is 6.74. The van der Waals surface area contributed by atoms with Crippen LogP contribution < -0.4 is 5.32 Å². The molecule has 2 aromatic carbocycles. The van der Waals surface area contributed by atoms with Gasteiger partial charge in [0, 0.05) is 34.9 Å². The molecule has 0 aliphatic rings. The van der Waals surface area contributed by atoms with E-state index in [4.69, 9.17) is 0 Å². The lowest BCUT2D eigenvalue weighted by Crippen LogP contribution is -2.23. The van der Waals surface area contributed by atoms with Gasteiger partial charge in [-0.05, 0) is 37.6 Å². The zero-order valence-corrected chi connectivity index (χ0v) is 17.2. The number of benzene rings is 2. The molecular weight excluding hydrogens is 392 g/mol. The molecule has 3 aromatic rings. The summed E-state index contributed by atoms with van der Waals surface area (Å²) in [5, 5.41) is 7.52. The summed E-state index contributed by atoms with van der Waals surface area (Å²) in [5.41, 5.74) is 4.11. The third-order valence-corrected chi connectivity index (χ3v) is 5.65. The topological polar surface area (TPSA) is 46.9 Å². The summed E-state index contributed by atoms with van der Waals surface area (Å²) in [6.45, 7) is 5.05. The minimum atomic E-state index is -0.877. The molecule has 0 aliphatic carbocycles. The Morgan fingerprint density at radius 2 is 1.86 bits per heavy atom. The summed E-state index contributed by atoms with van der Waals surface area (Å²) in [4.78, 5) is 12.8. The van der Waals surface area contributed by atoms with Crippen molar-refractivity contribution in [1.82, 2.24) is 15.1 Å². The summed E-state index contributed by atoms with van der Waals surface area (Å²) in [7, 11) is 0. The zero-order valence-electron chi connectivity index (χ0n) is 16.4. The van der Waals surface area contributed by atoms with Crippen LogP contribution in [0.15, 0.2) is 53.4 Å². The summed E-state index contributed by atoms with van der Waals surface area (Å²) < 4.78 is 28.1. The highest BCUT2D eigenvalue weighted by Gasteiger charge is 2.13. The van der Waals surface area contributed by atoms with Gasteiger partial charge in [0.25, 0.3) is 0 Å². The van der Waals surface area contributed by atoms with E-state index in [0.717, 1.165) is 29.1 Å². The van der Waals surface area contributed by atoms with E-state index in [-0.39, 0.29) is 5.91 Å². The van der Waals surface area contributed by atoms with Crippen LogP contribution in [-0.4, -0.2) is 21.4 Å². The second kappa shape index (κ2) is 9.69. The van der Waals surface area contributed by atoms with E-state index in [0.29, 0.717) is 30.2 Å². The summed E-state index contributed by atoms with van der Waals surface area (Å²) in [6.07, 6.45) is 0.292. The van der Waals surface area contributed by atoms with Crippen molar-refractivity contribution in [1.29, 1.82) is 0 Å². The van der Waals surface area contributed by atoms with E-state index < -0.39 is 11.6 Å². The molecule has 0 radical (unpaired) electrons. The zero-order chi connectivity index (χ0) is 20.8. The lowest BCUT2D eigenvalue weighted by Gasteiger charge is -2.08. The molecule has 0 fully saturated rings. The average molecular weight is 416 g/mol. The Morgan fingerprint density at radius 1 is 1.10 bits per heavy atom. The molecule has 1 aromatic heterocycles. The third kappa shape index (κ3) is 5.67. The first-order valence-electron chi connectivity index (χ1n) is 9.35. The van der Waals surface area contributed by atoms with Gasteiger partial charge in [-0.1, -0.05) is 30.3 Å². The van der Waals surface area contributed by atoms with Gasteiger partial charge in [-0.25, -0.2) is 8.78 Å². The highest BCUT2D eigenvalue weighted by molar-refractivity contribution is 7.99. The quantitative estimate of drug-likeness (QED) is 0.546. The molecule has 0 spiro atoms. The van der Waals surface area contributed by atoms with Gasteiger partial charge in [0.2, 0.25) is 5.91 Å². The molecule has 4 nitrogen and oxygen atoms in total. The van der Waals surface area contributed by atoms with Crippen molar-refractivity contribution >= 4 is 17.7 Å².